The van der Waals surface area contributed by atoms with Crippen molar-refractivity contribution >= 4 is 5.91 Å². The molecule has 0 bridgehead atoms. The maximum Gasteiger partial charge on any atom is 0.254 e. The topological polar surface area (TPSA) is 54.7 Å². The van der Waals surface area contributed by atoms with Crippen LogP contribution in [-0.4, -0.2) is 52.4 Å². The fraction of sp³-hybridized carbons (Fsp3) is 0.353. The zero-order valence-corrected chi connectivity index (χ0v) is 12.6. The van der Waals surface area contributed by atoms with Gasteiger partial charge in [-0.25, -0.2) is 0 Å². The number of ether oxygens (including phenoxy) is 1. The number of aromatic nitrogens is 1. The minimum atomic E-state index is -0.292. The van der Waals surface area contributed by atoms with E-state index < -0.39 is 0 Å². The number of aliphatic hydroxyl groups excluding tert-OH is 1. The quantitative estimate of drug-likeness (QED) is 0.938. The van der Waals surface area contributed by atoms with E-state index in [1.807, 2.05) is 60.3 Å². The summed E-state index contributed by atoms with van der Waals surface area (Å²) in [6.07, 6.45) is 3.64. The first kappa shape index (κ1) is 14.8. The van der Waals surface area contributed by atoms with E-state index in [0.717, 1.165) is 5.69 Å². The molecule has 116 valence electrons. The first-order valence-electron chi connectivity index (χ1n) is 7.46. The zero-order valence-electron chi connectivity index (χ0n) is 12.6. The number of carbonyl (C=O) groups excluding carboxylic acids is 1. The molecule has 0 radical (unpaired) electrons. The van der Waals surface area contributed by atoms with E-state index in [1.54, 1.807) is 4.90 Å². The van der Waals surface area contributed by atoms with Gasteiger partial charge in [0.05, 0.1) is 25.4 Å². The molecule has 2 heterocycles. The number of nitrogens with zero attached hydrogens (tertiary/aromatic N) is 2. The van der Waals surface area contributed by atoms with Gasteiger partial charge in [0.25, 0.3) is 5.91 Å². The van der Waals surface area contributed by atoms with Crippen LogP contribution >= 0.6 is 0 Å². The Labute approximate surface area is 129 Å². The second-order valence-electron chi connectivity index (χ2n) is 5.58. The lowest BCUT2D eigenvalue weighted by Gasteiger charge is -2.37. The van der Waals surface area contributed by atoms with Gasteiger partial charge in [-0.2, -0.15) is 0 Å². The summed E-state index contributed by atoms with van der Waals surface area (Å²) in [5.41, 5.74) is 1.67. The Morgan fingerprint density at radius 1 is 1.27 bits per heavy atom. The van der Waals surface area contributed by atoms with Crippen LogP contribution in [0.1, 0.15) is 17.3 Å². The van der Waals surface area contributed by atoms with Crippen LogP contribution in [0.25, 0.3) is 5.69 Å². The van der Waals surface area contributed by atoms with Gasteiger partial charge in [0.2, 0.25) is 0 Å². The molecule has 1 fully saturated rings. The van der Waals surface area contributed by atoms with E-state index in [-0.39, 0.29) is 24.7 Å². The van der Waals surface area contributed by atoms with Gasteiger partial charge < -0.3 is 19.3 Å². The normalized spacial score (nSPS) is 21.8. The van der Waals surface area contributed by atoms with Crippen molar-refractivity contribution in [2.75, 3.05) is 19.8 Å². The van der Waals surface area contributed by atoms with E-state index in [9.17, 15) is 9.90 Å². The summed E-state index contributed by atoms with van der Waals surface area (Å²) >= 11 is 0. The van der Waals surface area contributed by atoms with Crippen LogP contribution in [0, 0.1) is 0 Å². The number of carbonyl (C=O) groups is 1. The molecular weight excluding hydrogens is 280 g/mol. The number of morpholine rings is 1. The molecule has 5 heteroatoms. The molecule has 1 amide bonds. The molecule has 1 aliphatic rings. The highest BCUT2D eigenvalue weighted by atomic mass is 16.5. The fourth-order valence-electron chi connectivity index (χ4n) is 2.66. The maximum absolute atomic E-state index is 12.7. The Kier molecular flexibility index (Phi) is 4.27. The highest BCUT2D eigenvalue weighted by Crippen LogP contribution is 2.17. The number of hydrogen-bond acceptors (Lipinski definition) is 3. The van der Waals surface area contributed by atoms with Gasteiger partial charge in [0, 0.05) is 30.2 Å². The molecule has 1 aromatic heterocycles. The number of benzene rings is 1. The summed E-state index contributed by atoms with van der Waals surface area (Å²) in [6, 6.07) is 11.5. The lowest BCUT2D eigenvalue weighted by atomic mass is 10.1. The second-order valence-corrected chi connectivity index (χ2v) is 5.58. The van der Waals surface area contributed by atoms with Gasteiger partial charge >= 0.3 is 0 Å². The number of hydrogen-bond donors (Lipinski definition) is 1. The Morgan fingerprint density at radius 2 is 1.95 bits per heavy atom. The summed E-state index contributed by atoms with van der Waals surface area (Å²) in [5.74, 6) is -0.0201. The summed E-state index contributed by atoms with van der Waals surface area (Å²) in [4.78, 5) is 14.4. The van der Waals surface area contributed by atoms with Crippen molar-refractivity contribution < 1.29 is 14.6 Å². The molecule has 0 spiro atoms. The van der Waals surface area contributed by atoms with E-state index in [4.69, 9.17) is 4.74 Å². The van der Waals surface area contributed by atoms with E-state index in [0.29, 0.717) is 18.7 Å². The molecule has 1 saturated heterocycles. The third kappa shape index (κ3) is 2.91. The van der Waals surface area contributed by atoms with Crippen LogP contribution in [-0.2, 0) is 4.74 Å². The molecule has 2 unspecified atom stereocenters. The number of amides is 1. The van der Waals surface area contributed by atoms with Crippen molar-refractivity contribution in [1.29, 1.82) is 0 Å². The maximum atomic E-state index is 12.7. The molecular formula is C17H20N2O3. The highest BCUT2D eigenvalue weighted by Gasteiger charge is 2.29. The van der Waals surface area contributed by atoms with Crippen LogP contribution in [0.15, 0.2) is 48.8 Å². The molecule has 1 N–H and O–H groups in total. The molecule has 5 nitrogen and oxygen atoms in total. The fourth-order valence-corrected chi connectivity index (χ4v) is 2.66. The molecule has 2 aromatic rings. The molecule has 1 aromatic carbocycles. The standard InChI is InChI=1S/C17H20N2O3/c1-13-12-22-16(11-20)10-19(13)17(21)14-4-6-15(7-5-14)18-8-2-3-9-18/h2-9,13,16,20H,10-12H2,1H3. The molecule has 0 saturated carbocycles. The van der Waals surface area contributed by atoms with Crippen molar-refractivity contribution in [2.24, 2.45) is 0 Å². The summed E-state index contributed by atoms with van der Waals surface area (Å²) in [5, 5.41) is 9.22. The minimum Gasteiger partial charge on any atom is -0.394 e. The SMILES string of the molecule is CC1COC(CO)CN1C(=O)c1ccc(-n2cccc2)cc1. The summed E-state index contributed by atoms with van der Waals surface area (Å²) in [6.45, 7) is 2.77. The van der Waals surface area contributed by atoms with Crippen LogP contribution in [0.2, 0.25) is 0 Å². The third-order valence-electron chi connectivity index (χ3n) is 3.99. The van der Waals surface area contributed by atoms with Crippen molar-refractivity contribution in [1.82, 2.24) is 9.47 Å². The smallest absolute Gasteiger partial charge is 0.254 e. The van der Waals surface area contributed by atoms with Crippen LogP contribution in [0.4, 0.5) is 0 Å². The van der Waals surface area contributed by atoms with Crippen molar-refractivity contribution in [3.63, 3.8) is 0 Å². The monoisotopic (exact) mass is 300 g/mol. The molecule has 2 atom stereocenters. The van der Waals surface area contributed by atoms with E-state index >= 15 is 0 Å². The Morgan fingerprint density at radius 3 is 2.59 bits per heavy atom. The molecule has 3 rings (SSSR count). The molecule has 22 heavy (non-hydrogen) atoms. The van der Waals surface area contributed by atoms with Gasteiger partial charge in [0.1, 0.15) is 0 Å². The van der Waals surface area contributed by atoms with Crippen LogP contribution in [0.5, 0.6) is 0 Å². The van der Waals surface area contributed by atoms with Crippen molar-refractivity contribution in [2.45, 2.75) is 19.1 Å². The number of rotatable bonds is 3. The van der Waals surface area contributed by atoms with Crippen molar-refractivity contribution in [3.8, 4) is 5.69 Å². The minimum absolute atomic E-state index is 0.0134. The van der Waals surface area contributed by atoms with Gasteiger partial charge in [-0.3, -0.25) is 4.79 Å². The van der Waals surface area contributed by atoms with Gasteiger partial charge in [0.15, 0.2) is 0 Å². The summed E-state index contributed by atoms with van der Waals surface area (Å²) < 4.78 is 7.47. The van der Waals surface area contributed by atoms with Crippen molar-refractivity contribution in [3.05, 3.63) is 54.4 Å². The lowest BCUT2D eigenvalue weighted by molar-refractivity contribution is -0.0667. The lowest BCUT2D eigenvalue weighted by Crippen LogP contribution is -2.52. The Balaban J connectivity index is 1.77. The summed E-state index contributed by atoms with van der Waals surface area (Å²) in [7, 11) is 0. The zero-order chi connectivity index (χ0) is 15.5. The predicted molar refractivity (Wildman–Crippen MR) is 83.1 cm³/mol. The highest BCUT2D eigenvalue weighted by molar-refractivity contribution is 5.94. The first-order chi connectivity index (χ1) is 10.7. The van der Waals surface area contributed by atoms with Gasteiger partial charge in [-0.15, -0.1) is 0 Å². The van der Waals surface area contributed by atoms with Crippen LogP contribution in [0.3, 0.4) is 0 Å². The van der Waals surface area contributed by atoms with Crippen LogP contribution < -0.4 is 0 Å². The van der Waals surface area contributed by atoms with Gasteiger partial charge in [-0.05, 0) is 43.3 Å². The average molecular weight is 300 g/mol. The van der Waals surface area contributed by atoms with E-state index in [1.165, 1.54) is 0 Å². The molecule has 1 aliphatic heterocycles. The van der Waals surface area contributed by atoms with E-state index in [2.05, 4.69) is 0 Å². The molecule has 0 aliphatic carbocycles. The second kappa shape index (κ2) is 6.34. The predicted octanol–water partition coefficient (Wildman–Crippen LogP) is 1.70. The Hall–Kier alpha value is -2.11. The van der Waals surface area contributed by atoms with Gasteiger partial charge in [-0.1, -0.05) is 0 Å². The average Bonchev–Trinajstić information content (AvgIpc) is 3.09. The third-order valence-corrected chi connectivity index (χ3v) is 3.99. The number of aliphatic hydroxyl groups is 1. The Bertz CT molecular complexity index is 622. The first-order valence-corrected chi connectivity index (χ1v) is 7.46. The largest absolute Gasteiger partial charge is 0.394 e.